The van der Waals surface area contributed by atoms with Gasteiger partial charge in [0.15, 0.2) is 11.8 Å². The molecule has 13 nitrogen and oxygen atoms in total. The van der Waals surface area contributed by atoms with Crippen LogP contribution in [0.3, 0.4) is 0 Å². The van der Waals surface area contributed by atoms with Crippen LogP contribution in [0, 0.1) is 0 Å². The number of amides is 2. The predicted octanol–water partition coefficient (Wildman–Crippen LogP) is 0.0922. The molecule has 2 amide bonds. The van der Waals surface area contributed by atoms with Crippen LogP contribution in [0.4, 0.5) is 0 Å². The van der Waals surface area contributed by atoms with Crippen molar-refractivity contribution >= 4 is 47.0 Å². The van der Waals surface area contributed by atoms with Gasteiger partial charge in [0, 0.05) is 17.1 Å². The number of para-hydroxylation sites is 1. The van der Waals surface area contributed by atoms with E-state index in [0.717, 1.165) is 0 Å². The van der Waals surface area contributed by atoms with E-state index in [9.17, 15) is 24.6 Å². The van der Waals surface area contributed by atoms with E-state index in [2.05, 4.69) is 25.9 Å². The number of thioether (sulfide) groups is 2. The summed E-state index contributed by atoms with van der Waals surface area (Å²) in [5.41, 5.74) is 1.20. The molecule has 5 rings (SSSR count). The zero-order chi connectivity index (χ0) is 25.4. The summed E-state index contributed by atoms with van der Waals surface area (Å²) in [6, 6.07) is 8.98. The van der Waals surface area contributed by atoms with Gasteiger partial charge in [-0.2, -0.15) is 0 Å². The highest BCUT2D eigenvalue weighted by molar-refractivity contribution is 8.01. The minimum atomic E-state index is -1.55. The van der Waals surface area contributed by atoms with Gasteiger partial charge in [-0.25, -0.2) is 4.79 Å². The molecule has 0 saturated carbocycles. The first-order valence-electron chi connectivity index (χ1n) is 10.6. The molecule has 3 aromatic rings. The Morgan fingerprint density at radius 1 is 1.31 bits per heavy atom. The Morgan fingerprint density at radius 2 is 2.11 bits per heavy atom. The highest BCUT2D eigenvalue weighted by Gasteiger charge is 2.54. The van der Waals surface area contributed by atoms with E-state index in [4.69, 9.17) is 4.74 Å². The summed E-state index contributed by atoms with van der Waals surface area (Å²) in [6.45, 7) is 0. The van der Waals surface area contributed by atoms with E-state index in [1.165, 1.54) is 40.2 Å². The number of aliphatic hydroxyl groups excluding tert-OH is 1. The molecule has 0 bridgehead atoms. The minimum absolute atomic E-state index is 0.101. The molecule has 2 aliphatic heterocycles. The lowest BCUT2D eigenvalue weighted by Crippen LogP contribution is -2.70. The fourth-order valence-electron chi connectivity index (χ4n) is 3.93. The second kappa shape index (κ2) is 9.75. The Balaban J connectivity index is 1.29. The van der Waals surface area contributed by atoms with Crippen LogP contribution in [0.5, 0.6) is 5.75 Å². The maximum atomic E-state index is 12.9. The molecule has 2 aromatic heterocycles. The van der Waals surface area contributed by atoms with Gasteiger partial charge in [-0.15, -0.1) is 38.4 Å². The van der Waals surface area contributed by atoms with Gasteiger partial charge < -0.3 is 20.3 Å². The standard InChI is InChI=1S/C21H19N7O6S2/c1-34-12-5-3-2-4-11(12)17(29)18(30)22-15-19(31)27-16(21(32)33)10(9-36-20(15)27)8-35-14-7-6-13-23-25-26-28(13)24-14/h2-7,15,17,20,29H,8-9H2,1H3,(H,22,30)(H,32,33)/t15?,17?,20-/m0/s1. The monoisotopic (exact) mass is 529 g/mol. The fourth-order valence-corrected chi connectivity index (χ4v) is 6.27. The smallest absolute Gasteiger partial charge is 0.352 e. The summed E-state index contributed by atoms with van der Waals surface area (Å²) in [5, 5.41) is 38.2. The van der Waals surface area contributed by atoms with Crippen LogP contribution in [-0.2, 0) is 14.4 Å². The number of carbonyl (C=O) groups excluding carboxylic acids is 2. The van der Waals surface area contributed by atoms with Gasteiger partial charge in [0.2, 0.25) is 0 Å². The third kappa shape index (κ3) is 4.25. The summed E-state index contributed by atoms with van der Waals surface area (Å²) in [4.78, 5) is 38.9. The zero-order valence-corrected chi connectivity index (χ0v) is 20.3. The molecule has 15 heteroatoms. The van der Waals surface area contributed by atoms with Crippen molar-refractivity contribution < 1.29 is 29.3 Å². The fraction of sp³-hybridized carbons (Fsp3) is 0.286. The Hall–Kier alpha value is -3.69. The molecule has 0 aliphatic carbocycles. The van der Waals surface area contributed by atoms with Crippen LogP contribution in [0.1, 0.15) is 11.7 Å². The van der Waals surface area contributed by atoms with E-state index in [1.54, 1.807) is 36.4 Å². The van der Waals surface area contributed by atoms with Crippen molar-refractivity contribution in [3.8, 4) is 5.75 Å². The number of carboxylic acids is 1. The molecular weight excluding hydrogens is 510 g/mol. The highest BCUT2D eigenvalue weighted by Crippen LogP contribution is 2.41. The third-order valence-corrected chi connectivity index (χ3v) is 8.01. The van der Waals surface area contributed by atoms with E-state index in [0.29, 0.717) is 27.7 Å². The minimum Gasteiger partial charge on any atom is -0.496 e. The molecule has 186 valence electrons. The Morgan fingerprint density at radius 3 is 2.89 bits per heavy atom. The number of hydrogen-bond donors (Lipinski definition) is 3. The van der Waals surface area contributed by atoms with Crippen molar-refractivity contribution in [2.75, 3.05) is 18.6 Å². The van der Waals surface area contributed by atoms with Crippen LogP contribution < -0.4 is 10.1 Å². The summed E-state index contributed by atoms with van der Waals surface area (Å²) < 4.78 is 6.45. The number of aliphatic hydroxyl groups is 1. The number of rotatable bonds is 8. The summed E-state index contributed by atoms with van der Waals surface area (Å²) in [5.74, 6) is -1.59. The number of hydrogen-bond acceptors (Lipinski definition) is 11. The van der Waals surface area contributed by atoms with Crippen molar-refractivity contribution in [3.63, 3.8) is 0 Å². The normalized spacial score (nSPS) is 20.1. The first-order valence-corrected chi connectivity index (χ1v) is 12.6. The van der Waals surface area contributed by atoms with E-state index >= 15 is 0 Å². The number of carbonyl (C=O) groups is 3. The van der Waals surface area contributed by atoms with Crippen molar-refractivity contribution in [2.45, 2.75) is 22.5 Å². The molecular formula is C21H19N7O6S2. The van der Waals surface area contributed by atoms with Crippen LogP contribution in [0.2, 0.25) is 0 Å². The van der Waals surface area contributed by atoms with E-state index in [-0.39, 0.29) is 17.0 Å². The summed E-state index contributed by atoms with van der Waals surface area (Å²) in [6.07, 6.45) is -1.55. The number of aliphatic carboxylic acids is 1. The lowest BCUT2D eigenvalue weighted by atomic mass is 10.0. The number of fused-ring (bicyclic) bond motifs is 2. The first-order chi connectivity index (χ1) is 17.4. The largest absolute Gasteiger partial charge is 0.496 e. The molecule has 36 heavy (non-hydrogen) atoms. The van der Waals surface area contributed by atoms with Crippen molar-refractivity contribution in [2.24, 2.45) is 0 Å². The summed E-state index contributed by atoms with van der Waals surface area (Å²) >= 11 is 2.64. The molecule has 1 saturated heterocycles. The van der Waals surface area contributed by atoms with Crippen molar-refractivity contribution in [3.05, 3.63) is 53.2 Å². The average Bonchev–Trinajstić information content (AvgIpc) is 3.37. The molecule has 2 aliphatic rings. The molecule has 1 aromatic carbocycles. The van der Waals surface area contributed by atoms with Gasteiger partial charge in [-0.3, -0.25) is 14.5 Å². The molecule has 4 heterocycles. The number of ether oxygens (including phenoxy) is 1. The van der Waals surface area contributed by atoms with Gasteiger partial charge in [0.25, 0.3) is 11.8 Å². The number of carboxylic acid groups (broad SMARTS) is 1. The Kier molecular flexibility index (Phi) is 6.51. The van der Waals surface area contributed by atoms with Gasteiger partial charge in [0.05, 0.1) is 7.11 Å². The van der Waals surface area contributed by atoms with Gasteiger partial charge in [-0.05, 0) is 34.2 Å². The third-order valence-electron chi connectivity index (χ3n) is 5.67. The number of benzene rings is 1. The maximum absolute atomic E-state index is 12.9. The van der Waals surface area contributed by atoms with Crippen molar-refractivity contribution in [1.29, 1.82) is 0 Å². The number of β-lactam (4-membered cyclic amide) rings is 1. The van der Waals surface area contributed by atoms with Crippen LogP contribution in [-0.4, -0.2) is 88.2 Å². The second-order valence-electron chi connectivity index (χ2n) is 7.78. The molecule has 2 unspecified atom stereocenters. The number of tetrazole rings is 1. The van der Waals surface area contributed by atoms with Gasteiger partial charge in [0.1, 0.15) is 27.9 Å². The van der Waals surface area contributed by atoms with Gasteiger partial charge >= 0.3 is 5.97 Å². The van der Waals surface area contributed by atoms with Crippen LogP contribution >= 0.6 is 23.5 Å². The Labute approximate surface area is 211 Å². The topological polar surface area (TPSA) is 172 Å². The number of methoxy groups -OCH3 is 1. The molecule has 3 atom stereocenters. The van der Waals surface area contributed by atoms with E-state index in [1.807, 2.05) is 0 Å². The quantitative estimate of drug-likeness (QED) is 0.266. The second-order valence-corrected chi connectivity index (χ2v) is 9.89. The molecule has 1 fully saturated rings. The summed E-state index contributed by atoms with van der Waals surface area (Å²) in [7, 11) is 1.42. The average molecular weight is 530 g/mol. The number of aromatic nitrogens is 5. The number of nitrogens with zero attached hydrogens (tertiary/aromatic N) is 6. The van der Waals surface area contributed by atoms with Crippen LogP contribution in [0.15, 0.2) is 52.7 Å². The highest BCUT2D eigenvalue weighted by atomic mass is 32.2. The SMILES string of the molecule is COc1ccccc1C(O)C(=O)NC1C(=O)N2C(C(=O)O)=C(CSc3ccc4nnnn4n3)CS[C@@H]12. The zero-order valence-electron chi connectivity index (χ0n) is 18.6. The van der Waals surface area contributed by atoms with Gasteiger partial charge in [-0.1, -0.05) is 18.2 Å². The lowest BCUT2D eigenvalue weighted by molar-refractivity contribution is -0.151. The molecule has 0 spiro atoms. The molecule has 3 N–H and O–H groups in total. The molecule has 0 radical (unpaired) electrons. The first kappa shape index (κ1) is 24.0. The van der Waals surface area contributed by atoms with Crippen molar-refractivity contribution in [1.82, 2.24) is 35.5 Å². The van der Waals surface area contributed by atoms with Crippen LogP contribution in [0.25, 0.3) is 5.65 Å². The number of nitrogens with one attached hydrogen (secondary N) is 1. The maximum Gasteiger partial charge on any atom is 0.352 e. The lowest BCUT2D eigenvalue weighted by Gasteiger charge is -2.49. The van der Waals surface area contributed by atoms with E-state index < -0.39 is 35.3 Å². The Bertz CT molecular complexity index is 1400. The predicted molar refractivity (Wildman–Crippen MR) is 127 cm³/mol.